The van der Waals surface area contributed by atoms with Gasteiger partial charge in [0, 0.05) is 48.7 Å². The number of fused-ring (bicyclic) bond motifs is 1. The van der Waals surface area contributed by atoms with Crippen molar-refractivity contribution in [1.29, 1.82) is 0 Å². The van der Waals surface area contributed by atoms with Gasteiger partial charge >= 0.3 is 0 Å². The van der Waals surface area contributed by atoms with E-state index in [4.69, 9.17) is 0 Å². The number of nitrogens with one attached hydrogen (secondary N) is 2. The predicted molar refractivity (Wildman–Crippen MR) is 123 cm³/mol. The van der Waals surface area contributed by atoms with Crippen molar-refractivity contribution in [3.8, 4) is 11.3 Å². The molecule has 5 nitrogen and oxygen atoms in total. The lowest BCUT2D eigenvalue weighted by atomic mass is 10.0. The van der Waals surface area contributed by atoms with Crippen LogP contribution in [0.25, 0.3) is 22.2 Å². The van der Waals surface area contributed by atoms with Crippen molar-refractivity contribution in [3.05, 3.63) is 78.0 Å². The standard InChI is InChI=1S/C25H26N4O/c1-16(2)17-9-11-21(12-10-17)27-24-14-23-20(15-26-24)13-22(28-23)18-5-7-19(8-6-18)25(30)29(3)4/h5-16,28H,1-4H3,(H,26,27). The Morgan fingerprint density at radius 1 is 1.00 bits per heavy atom. The van der Waals surface area contributed by atoms with Crippen molar-refractivity contribution in [2.45, 2.75) is 19.8 Å². The molecule has 2 aromatic heterocycles. The van der Waals surface area contributed by atoms with Crippen LogP contribution >= 0.6 is 0 Å². The first-order chi connectivity index (χ1) is 14.4. The quantitative estimate of drug-likeness (QED) is 0.447. The lowest BCUT2D eigenvalue weighted by molar-refractivity contribution is 0.0827. The van der Waals surface area contributed by atoms with Crippen molar-refractivity contribution in [2.75, 3.05) is 19.4 Å². The fraction of sp³-hybridized carbons (Fsp3) is 0.200. The summed E-state index contributed by atoms with van der Waals surface area (Å²) in [5, 5.41) is 4.41. The van der Waals surface area contributed by atoms with Gasteiger partial charge in [0.1, 0.15) is 5.82 Å². The van der Waals surface area contributed by atoms with Gasteiger partial charge in [-0.3, -0.25) is 4.79 Å². The molecule has 2 N–H and O–H groups in total. The van der Waals surface area contributed by atoms with Gasteiger partial charge < -0.3 is 15.2 Å². The smallest absolute Gasteiger partial charge is 0.253 e. The largest absolute Gasteiger partial charge is 0.354 e. The number of carbonyl (C=O) groups excluding carboxylic acids is 1. The molecule has 0 aliphatic rings. The molecule has 0 unspecified atom stereocenters. The molecule has 0 saturated heterocycles. The van der Waals surface area contributed by atoms with E-state index in [2.05, 4.69) is 59.5 Å². The van der Waals surface area contributed by atoms with Gasteiger partial charge in [0.2, 0.25) is 0 Å². The minimum atomic E-state index is -0.000426. The molecule has 2 aromatic carbocycles. The number of aromatic nitrogens is 2. The highest BCUT2D eigenvalue weighted by atomic mass is 16.2. The van der Waals surface area contributed by atoms with Gasteiger partial charge in [-0.15, -0.1) is 0 Å². The molecule has 30 heavy (non-hydrogen) atoms. The molecule has 152 valence electrons. The monoisotopic (exact) mass is 398 g/mol. The summed E-state index contributed by atoms with van der Waals surface area (Å²) >= 11 is 0. The van der Waals surface area contributed by atoms with E-state index in [1.54, 1.807) is 19.0 Å². The predicted octanol–water partition coefficient (Wildman–Crippen LogP) is 5.80. The molecule has 0 atom stereocenters. The zero-order valence-corrected chi connectivity index (χ0v) is 17.7. The fourth-order valence-corrected chi connectivity index (χ4v) is 3.40. The summed E-state index contributed by atoms with van der Waals surface area (Å²) < 4.78 is 0. The van der Waals surface area contributed by atoms with Crippen LogP contribution < -0.4 is 5.32 Å². The van der Waals surface area contributed by atoms with Crippen molar-refractivity contribution < 1.29 is 4.79 Å². The second-order valence-corrected chi connectivity index (χ2v) is 8.02. The maximum atomic E-state index is 12.1. The molecule has 4 rings (SSSR count). The molecule has 0 fully saturated rings. The van der Waals surface area contributed by atoms with Crippen LogP contribution in [0.2, 0.25) is 0 Å². The second kappa shape index (κ2) is 8.03. The van der Waals surface area contributed by atoms with E-state index in [1.165, 1.54) is 5.56 Å². The summed E-state index contributed by atoms with van der Waals surface area (Å²) in [6.45, 7) is 4.38. The van der Waals surface area contributed by atoms with Gasteiger partial charge in [-0.2, -0.15) is 0 Å². The van der Waals surface area contributed by atoms with Crippen LogP contribution in [0, 0.1) is 0 Å². The van der Waals surface area contributed by atoms with Gasteiger partial charge in [-0.25, -0.2) is 4.98 Å². The molecule has 0 radical (unpaired) electrons. The number of carbonyl (C=O) groups is 1. The summed E-state index contributed by atoms with van der Waals surface area (Å²) in [7, 11) is 3.51. The number of amides is 1. The Hall–Kier alpha value is -3.60. The van der Waals surface area contributed by atoms with E-state index in [-0.39, 0.29) is 5.91 Å². The first-order valence-corrected chi connectivity index (χ1v) is 10.1. The summed E-state index contributed by atoms with van der Waals surface area (Å²) in [5.74, 6) is 1.31. The first kappa shape index (κ1) is 19.7. The Morgan fingerprint density at radius 3 is 2.33 bits per heavy atom. The minimum Gasteiger partial charge on any atom is -0.354 e. The van der Waals surface area contributed by atoms with Gasteiger partial charge in [0.25, 0.3) is 5.91 Å². The molecular formula is C25H26N4O. The van der Waals surface area contributed by atoms with Crippen LogP contribution in [0.4, 0.5) is 11.5 Å². The zero-order valence-electron chi connectivity index (χ0n) is 17.7. The average Bonchev–Trinajstić information content (AvgIpc) is 3.17. The molecule has 5 heteroatoms. The number of hydrogen-bond acceptors (Lipinski definition) is 3. The maximum Gasteiger partial charge on any atom is 0.253 e. The minimum absolute atomic E-state index is 0.000426. The molecule has 0 bridgehead atoms. The van der Waals surface area contributed by atoms with E-state index in [0.717, 1.165) is 33.7 Å². The van der Waals surface area contributed by atoms with Crippen molar-refractivity contribution in [2.24, 2.45) is 0 Å². The van der Waals surface area contributed by atoms with E-state index in [0.29, 0.717) is 11.5 Å². The van der Waals surface area contributed by atoms with E-state index in [1.807, 2.05) is 36.5 Å². The van der Waals surface area contributed by atoms with Crippen LogP contribution in [0.1, 0.15) is 35.7 Å². The topological polar surface area (TPSA) is 61.0 Å². The number of anilines is 2. The van der Waals surface area contributed by atoms with E-state index in [9.17, 15) is 4.79 Å². The second-order valence-electron chi connectivity index (χ2n) is 8.02. The molecule has 0 aliphatic heterocycles. The van der Waals surface area contributed by atoms with Gasteiger partial charge in [-0.05, 0) is 47.4 Å². The first-order valence-electron chi connectivity index (χ1n) is 10.1. The third kappa shape index (κ3) is 4.06. The van der Waals surface area contributed by atoms with Crippen LogP contribution in [0.3, 0.4) is 0 Å². The van der Waals surface area contributed by atoms with Crippen molar-refractivity contribution in [1.82, 2.24) is 14.9 Å². The number of rotatable bonds is 5. The Kier molecular flexibility index (Phi) is 5.27. The van der Waals surface area contributed by atoms with E-state index >= 15 is 0 Å². The third-order valence-electron chi connectivity index (χ3n) is 5.20. The lowest BCUT2D eigenvalue weighted by Gasteiger charge is -2.10. The Labute approximate surface area is 176 Å². The normalized spacial score (nSPS) is 11.1. The molecule has 0 saturated carbocycles. The van der Waals surface area contributed by atoms with Crippen LogP contribution in [0.5, 0.6) is 0 Å². The average molecular weight is 399 g/mol. The summed E-state index contributed by atoms with van der Waals surface area (Å²) in [4.78, 5) is 21.7. The molecule has 2 heterocycles. The van der Waals surface area contributed by atoms with Crippen molar-refractivity contribution >= 4 is 28.3 Å². The molecule has 1 amide bonds. The number of aromatic amines is 1. The third-order valence-corrected chi connectivity index (χ3v) is 5.20. The Balaban J connectivity index is 1.55. The lowest BCUT2D eigenvalue weighted by Crippen LogP contribution is -2.21. The van der Waals surface area contributed by atoms with Crippen molar-refractivity contribution in [3.63, 3.8) is 0 Å². The summed E-state index contributed by atoms with van der Waals surface area (Å²) in [6, 6.07) is 20.2. The van der Waals surface area contributed by atoms with Gasteiger partial charge in [0.15, 0.2) is 0 Å². The fourth-order valence-electron chi connectivity index (χ4n) is 3.40. The number of pyridine rings is 1. The SMILES string of the molecule is CC(C)c1ccc(Nc2cc3[nH]c(-c4ccc(C(=O)N(C)C)cc4)cc3cn2)cc1. The Bertz CT molecular complexity index is 1170. The van der Waals surface area contributed by atoms with Gasteiger partial charge in [0.05, 0.1) is 5.52 Å². The highest BCUT2D eigenvalue weighted by molar-refractivity contribution is 5.94. The number of H-pyrrole nitrogens is 1. The molecule has 0 spiro atoms. The molecular weight excluding hydrogens is 372 g/mol. The molecule has 0 aliphatic carbocycles. The highest BCUT2D eigenvalue weighted by Crippen LogP contribution is 2.27. The highest BCUT2D eigenvalue weighted by Gasteiger charge is 2.10. The van der Waals surface area contributed by atoms with E-state index < -0.39 is 0 Å². The number of nitrogens with zero attached hydrogens (tertiary/aromatic N) is 2. The Morgan fingerprint density at radius 2 is 1.70 bits per heavy atom. The van der Waals surface area contributed by atoms with Gasteiger partial charge in [-0.1, -0.05) is 38.1 Å². The number of benzene rings is 2. The summed E-state index contributed by atoms with van der Waals surface area (Å²) in [5.41, 5.74) is 6.04. The maximum absolute atomic E-state index is 12.1. The number of hydrogen-bond donors (Lipinski definition) is 2. The summed E-state index contributed by atoms with van der Waals surface area (Å²) in [6.07, 6.45) is 1.87. The van der Waals surface area contributed by atoms with Crippen LogP contribution in [-0.4, -0.2) is 34.9 Å². The molecule has 4 aromatic rings. The van der Waals surface area contributed by atoms with Crippen LogP contribution in [0.15, 0.2) is 66.9 Å². The van der Waals surface area contributed by atoms with Crippen LogP contribution in [-0.2, 0) is 0 Å². The zero-order chi connectivity index (χ0) is 21.3.